The van der Waals surface area contributed by atoms with Crippen molar-refractivity contribution in [3.05, 3.63) is 35.5 Å². The van der Waals surface area contributed by atoms with Gasteiger partial charge >= 0.3 is 0 Å². The van der Waals surface area contributed by atoms with Crippen LogP contribution in [0.5, 0.6) is 0 Å². The summed E-state index contributed by atoms with van der Waals surface area (Å²) in [5.41, 5.74) is 2.21. The Balaban J connectivity index is 0.00000220. The van der Waals surface area contributed by atoms with Crippen molar-refractivity contribution in [3.8, 4) is 0 Å². The maximum absolute atomic E-state index is 12.2. The van der Waals surface area contributed by atoms with Gasteiger partial charge in [-0.05, 0) is 45.0 Å². The summed E-state index contributed by atoms with van der Waals surface area (Å²) >= 11 is 0. The SMILES string of the molecule is CCNc1ccc(S(=O)(=O)Nc2onc(C)c2C)cc1.[Na]. The molecule has 6 nitrogen and oxygen atoms in total. The van der Waals surface area contributed by atoms with Crippen LogP contribution in [-0.2, 0) is 10.0 Å². The average molecular weight is 318 g/mol. The summed E-state index contributed by atoms with van der Waals surface area (Å²) in [7, 11) is -3.67. The molecule has 0 bridgehead atoms. The zero-order chi connectivity index (χ0) is 14.8. The molecule has 2 rings (SSSR count). The molecule has 0 spiro atoms. The number of anilines is 2. The molecule has 0 saturated heterocycles. The van der Waals surface area contributed by atoms with E-state index in [0.717, 1.165) is 12.2 Å². The molecule has 2 N–H and O–H groups in total. The van der Waals surface area contributed by atoms with Crippen molar-refractivity contribution in [1.82, 2.24) is 5.16 Å². The molecule has 1 aromatic carbocycles. The predicted molar refractivity (Wildman–Crippen MR) is 83.1 cm³/mol. The van der Waals surface area contributed by atoms with E-state index in [1.165, 1.54) is 0 Å². The van der Waals surface area contributed by atoms with Crippen LogP contribution < -0.4 is 10.0 Å². The Hall–Kier alpha value is -1.02. The summed E-state index contributed by atoms with van der Waals surface area (Å²) < 4.78 is 31.8. The van der Waals surface area contributed by atoms with Crippen LogP contribution >= 0.6 is 0 Å². The molecule has 0 amide bonds. The van der Waals surface area contributed by atoms with E-state index in [0.29, 0.717) is 11.3 Å². The van der Waals surface area contributed by atoms with Crippen LogP contribution in [0.15, 0.2) is 33.7 Å². The molecule has 0 aliphatic carbocycles. The zero-order valence-electron chi connectivity index (χ0n) is 12.6. The van der Waals surface area contributed by atoms with Gasteiger partial charge in [-0.2, -0.15) is 0 Å². The first-order valence-corrected chi connectivity index (χ1v) is 7.72. The Kier molecular flexibility index (Phi) is 6.27. The molecule has 109 valence electrons. The second-order valence-corrected chi connectivity index (χ2v) is 6.06. The van der Waals surface area contributed by atoms with E-state index in [1.54, 1.807) is 38.1 Å². The number of sulfonamides is 1. The van der Waals surface area contributed by atoms with E-state index in [-0.39, 0.29) is 40.3 Å². The van der Waals surface area contributed by atoms with E-state index >= 15 is 0 Å². The van der Waals surface area contributed by atoms with Crippen molar-refractivity contribution in [3.63, 3.8) is 0 Å². The normalized spacial score (nSPS) is 10.8. The molecule has 21 heavy (non-hydrogen) atoms. The monoisotopic (exact) mass is 318 g/mol. The summed E-state index contributed by atoms with van der Waals surface area (Å²) in [5, 5.41) is 6.83. The van der Waals surface area contributed by atoms with Crippen LogP contribution in [-0.4, -0.2) is 49.7 Å². The van der Waals surface area contributed by atoms with Gasteiger partial charge < -0.3 is 9.84 Å². The standard InChI is InChI=1S/C13H17N3O3S.Na/c1-4-14-11-5-7-12(8-6-11)20(17,18)16-13-9(2)10(3)15-19-13;/h5-8,14,16H,4H2,1-3H3;. The molecule has 2 aromatic rings. The van der Waals surface area contributed by atoms with Crippen LogP contribution in [0.1, 0.15) is 18.2 Å². The van der Waals surface area contributed by atoms with Crippen LogP contribution in [0.3, 0.4) is 0 Å². The number of rotatable bonds is 5. The minimum atomic E-state index is -3.67. The quantitative estimate of drug-likeness (QED) is 0.825. The van der Waals surface area contributed by atoms with Gasteiger partial charge in [0.15, 0.2) is 0 Å². The van der Waals surface area contributed by atoms with Crippen molar-refractivity contribution < 1.29 is 12.9 Å². The molecule has 8 heteroatoms. The summed E-state index contributed by atoms with van der Waals surface area (Å²) in [6.45, 7) is 6.25. The molecular weight excluding hydrogens is 301 g/mol. The zero-order valence-corrected chi connectivity index (χ0v) is 15.4. The number of nitrogens with zero attached hydrogens (tertiary/aromatic N) is 1. The van der Waals surface area contributed by atoms with Gasteiger partial charge in [0.1, 0.15) is 0 Å². The minimum Gasteiger partial charge on any atom is -0.385 e. The van der Waals surface area contributed by atoms with Crippen LogP contribution in [0.25, 0.3) is 0 Å². The first-order chi connectivity index (χ1) is 9.44. The Morgan fingerprint density at radius 1 is 1.19 bits per heavy atom. The molecule has 1 heterocycles. The van der Waals surface area contributed by atoms with Crippen molar-refractivity contribution >= 4 is 51.2 Å². The van der Waals surface area contributed by atoms with Crippen LogP contribution in [0.2, 0.25) is 0 Å². The third-order valence-corrected chi connectivity index (χ3v) is 4.28. The second-order valence-electron chi connectivity index (χ2n) is 4.38. The van der Waals surface area contributed by atoms with Gasteiger partial charge in [0.25, 0.3) is 10.0 Å². The van der Waals surface area contributed by atoms with E-state index in [1.807, 2.05) is 6.92 Å². The largest absolute Gasteiger partial charge is 0.385 e. The second kappa shape index (κ2) is 7.31. The minimum absolute atomic E-state index is 0. The molecule has 0 atom stereocenters. The van der Waals surface area contributed by atoms with Crippen molar-refractivity contribution in [1.29, 1.82) is 0 Å². The van der Waals surface area contributed by atoms with Gasteiger partial charge in [0, 0.05) is 47.4 Å². The number of aromatic nitrogens is 1. The molecular formula is C13H17N3NaO3S. The number of hydrogen-bond donors (Lipinski definition) is 2. The molecule has 1 radical (unpaired) electrons. The van der Waals surface area contributed by atoms with Crippen molar-refractivity contribution in [2.75, 3.05) is 16.6 Å². The number of benzene rings is 1. The molecule has 1 aromatic heterocycles. The van der Waals surface area contributed by atoms with Gasteiger partial charge in [-0.3, -0.25) is 0 Å². The average Bonchev–Trinajstić information content (AvgIpc) is 2.71. The molecule has 0 aliphatic rings. The number of hydrogen-bond acceptors (Lipinski definition) is 5. The first kappa shape index (κ1) is 18.0. The Labute approximate surface area is 146 Å². The van der Waals surface area contributed by atoms with Gasteiger partial charge in [0.05, 0.1) is 10.6 Å². The van der Waals surface area contributed by atoms with Crippen LogP contribution in [0, 0.1) is 13.8 Å². The first-order valence-electron chi connectivity index (χ1n) is 6.23. The maximum Gasteiger partial charge on any atom is 0.264 e. The fraction of sp³-hybridized carbons (Fsp3) is 0.308. The van der Waals surface area contributed by atoms with Gasteiger partial charge in [-0.15, -0.1) is 0 Å². The van der Waals surface area contributed by atoms with Gasteiger partial charge in [-0.25, -0.2) is 13.1 Å². The summed E-state index contributed by atoms with van der Waals surface area (Å²) in [6, 6.07) is 6.52. The smallest absolute Gasteiger partial charge is 0.264 e. The van der Waals surface area contributed by atoms with E-state index in [4.69, 9.17) is 4.52 Å². The van der Waals surface area contributed by atoms with E-state index in [9.17, 15) is 8.42 Å². The summed E-state index contributed by atoms with van der Waals surface area (Å²) in [5.74, 6) is 0.151. The molecule has 0 saturated carbocycles. The van der Waals surface area contributed by atoms with E-state index < -0.39 is 10.0 Å². The van der Waals surface area contributed by atoms with Gasteiger partial charge in [0.2, 0.25) is 5.88 Å². The maximum atomic E-state index is 12.2. The summed E-state index contributed by atoms with van der Waals surface area (Å²) in [4.78, 5) is 0.174. The third kappa shape index (κ3) is 4.23. The fourth-order valence-electron chi connectivity index (χ4n) is 1.65. The molecule has 0 aliphatic heterocycles. The van der Waals surface area contributed by atoms with Gasteiger partial charge in [-0.1, -0.05) is 5.16 Å². The topological polar surface area (TPSA) is 84.2 Å². The molecule has 0 unspecified atom stereocenters. The van der Waals surface area contributed by atoms with Crippen molar-refractivity contribution in [2.45, 2.75) is 25.7 Å². The summed E-state index contributed by atoms with van der Waals surface area (Å²) in [6.07, 6.45) is 0. The fourth-order valence-corrected chi connectivity index (χ4v) is 2.69. The van der Waals surface area contributed by atoms with E-state index in [2.05, 4.69) is 15.2 Å². The molecule has 0 fully saturated rings. The number of nitrogens with one attached hydrogen (secondary N) is 2. The Morgan fingerprint density at radius 2 is 1.81 bits per heavy atom. The number of aryl methyl sites for hydroxylation is 1. The predicted octanol–water partition coefficient (Wildman–Crippen LogP) is 2.14. The van der Waals surface area contributed by atoms with Crippen molar-refractivity contribution in [2.24, 2.45) is 0 Å². The van der Waals surface area contributed by atoms with Crippen LogP contribution in [0.4, 0.5) is 11.6 Å². The Bertz CT molecular complexity index is 696. The third-order valence-electron chi connectivity index (χ3n) is 2.93. The Morgan fingerprint density at radius 3 is 2.29 bits per heavy atom.